The molecule has 0 radical (unpaired) electrons. The first-order chi connectivity index (χ1) is 6.65. The molecule has 0 amide bonds. The molecule has 2 rings (SSSR count). The first-order valence-electron chi connectivity index (χ1n) is 5.23. The van der Waals surface area contributed by atoms with Crippen LogP contribution in [-0.4, -0.2) is 12.1 Å². The predicted molar refractivity (Wildman–Crippen MR) is 61.6 cm³/mol. The molecule has 0 saturated heterocycles. The summed E-state index contributed by atoms with van der Waals surface area (Å²) < 4.78 is 0. The highest BCUT2D eigenvalue weighted by Gasteiger charge is 2.27. The van der Waals surface area contributed by atoms with E-state index in [-0.39, 0.29) is 0 Å². The van der Waals surface area contributed by atoms with Crippen molar-refractivity contribution >= 4 is 11.3 Å². The van der Waals surface area contributed by atoms with Crippen LogP contribution in [0, 0.1) is 6.92 Å². The van der Waals surface area contributed by atoms with Crippen LogP contribution in [0.15, 0.2) is 12.1 Å². The van der Waals surface area contributed by atoms with Crippen LogP contribution >= 0.6 is 11.3 Å². The lowest BCUT2D eigenvalue weighted by Gasteiger charge is -2.35. The van der Waals surface area contributed by atoms with Gasteiger partial charge >= 0.3 is 0 Å². The van der Waals surface area contributed by atoms with E-state index in [0.29, 0.717) is 18.1 Å². The largest absolute Gasteiger partial charge is 0.328 e. The lowest BCUT2D eigenvalue weighted by atomic mass is 9.87. The predicted octanol–water partition coefficient (Wildman–Crippen LogP) is 2.20. The molecule has 0 aromatic carbocycles. The molecule has 1 atom stereocenters. The number of hydrogen-bond acceptors (Lipinski definition) is 3. The summed E-state index contributed by atoms with van der Waals surface area (Å²) in [4.78, 5) is 2.82. The average molecular weight is 210 g/mol. The summed E-state index contributed by atoms with van der Waals surface area (Å²) in [6, 6.07) is 5.96. The molecule has 1 saturated carbocycles. The van der Waals surface area contributed by atoms with Crippen LogP contribution in [0.5, 0.6) is 0 Å². The molecule has 1 aromatic rings. The Kier molecular flexibility index (Phi) is 2.91. The van der Waals surface area contributed by atoms with Gasteiger partial charge in [-0.2, -0.15) is 0 Å². The highest BCUT2D eigenvalue weighted by atomic mass is 32.1. The number of aryl methyl sites for hydroxylation is 1. The number of nitrogens with two attached hydrogens (primary N) is 1. The molecule has 1 aliphatic rings. The van der Waals surface area contributed by atoms with Crippen LogP contribution in [0.4, 0.5) is 0 Å². The van der Waals surface area contributed by atoms with E-state index in [4.69, 9.17) is 5.73 Å². The summed E-state index contributed by atoms with van der Waals surface area (Å²) in [5.41, 5.74) is 5.75. The minimum atomic E-state index is 0.435. The van der Waals surface area contributed by atoms with E-state index < -0.39 is 0 Å². The SMILES string of the molecule is Cc1ccc(C(C)NC2CC(N)C2)s1. The zero-order chi connectivity index (χ0) is 10.1. The molecule has 78 valence electrons. The smallest absolute Gasteiger partial charge is 0.0388 e. The Balaban J connectivity index is 1.86. The van der Waals surface area contributed by atoms with Gasteiger partial charge in [0.15, 0.2) is 0 Å². The van der Waals surface area contributed by atoms with E-state index in [0.717, 1.165) is 12.8 Å². The Bertz CT molecular complexity index is 302. The lowest BCUT2D eigenvalue weighted by Crippen LogP contribution is -2.48. The molecule has 3 heteroatoms. The van der Waals surface area contributed by atoms with E-state index >= 15 is 0 Å². The first-order valence-corrected chi connectivity index (χ1v) is 6.05. The van der Waals surface area contributed by atoms with Gasteiger partial charge in [0.25, 0.3) is 0 Å². The molecule has 0 bridgehead atoms. The number of thiophene rings is 1. The summed E-state index contributed by atoms with van der Waals surface area (Å²) >= 11 is 1.88. The molecule has 1 heterocycles. The zero-order valence-corrected chi connectivity index (χ0v) is 9.60. The second-order valence-electron chi connectivity index (χ2n) is 4.27. The molecule has 14 heavy (non-hydrogen) atoms. The van der Waals surface area contributed by atoms with E-state index in [2.05, 4.69) is 31.3 Å². The summed E-state index contributed by atoms with van der Waals surface area (Å²) in [5.74, 6) is 0. The van der Waals surface area contributed by atoms with Crippen molar-refractivity contribution in [3.05, 3.63) is 21.9 Å². The number of hydrogen-bond donors (Lipinski definition) is 2. The average Bonchev–Trinajstić information content (AvgIpc) is 2.49. The van der Waals surface area contributed by atoms with Crippen LogP contribution in [-0.2, 0) is 0 Å². The van der Waals surface area contributed by atoms with Crippen LogP contribution in [0.1, 0.15) is 35.6 Å². The van der Waals surface area contributed by atoms with Gasteiger partial charge in [0.05, 0.1) is 0 Å². The summed E-state index contributed by atoms with van der Waals surface area (Å²) in [5, 5.41) is 3.61. The van der Waals surface area contributed by atoms with Crippen molar-refractivity contribution in [2.75, 3.05) is 0 Å². The van der Waals surface area contributed by atoms with E-state index in [1.54, 1.807) is 0 Å². The third-order valence-electron chi connectivity index (χ3n) is 2.85. The van der Waals surface area contributed by atoms with Crippen LogP contribution in [0.25, 0.3) is 0 Å². The zero-order valence-electron chi connectivity index (χ0n) is 8.79. The maximum Gasteiger partial charge on any atom is 0.0388 e. The lowest BCUT2D eigenvalue weighted by molar-refractivity contribution is 0.273. The van der Waals surface area contributed by atoms with Crippen molar-refractivity contribution in [2.45, 2.75) is 44.8 Å². The summed E-state index contributed by atoms with van der Waals surface area (Å²) in [6.07, 6.45) is 2.27. The Morgan fingerprint density at radius 3 is 2.71 bits per heavy atom. The first kappa shape index (κ1) is 10.1. The van der Waals surface area contributed by atoms with E-state index in [1.807, 2.05) is 11.3 Å². The molecule has 1 fully saturated rings. The van der Waals surface area contributed by atoms with Gasteiger partial charge in [-0.1, -0.05) is 0 Å². The standard InChI is InChI=1S/C11H18N2S/c1-7-3-4-11(14-7)8(2)13-10-5-9(12)6-10/h3-4,8-10,13H,5-6,12H2,1-2H3. The van der Waals surface area contributed by atoms with Crippen LogP contribution < -0.4 is 11.1 Å². The third kappa shape index (κ3) is 2.16. The van der Waals surface area contributed by atoms with Gasteiger partial charge in [-0.05, 0) is 38.8 Å². The van der Waals surface area contributed by atoms with Crippen molar-refractivity contribution in [3.63, 3.8) is 0 Å². The van der Waals surface area contributed by atoms with Crippen molar-refractivity contribution in [2.24, 2.45) is 5.73 Å². The highest BCUT2D eigenvalue weighted by Crippen LogP contribution is 2.26. The third-order valence-corrected chi connectivity index (χ3v) is 4.03. The molecule has 0 aliphatic heterocycles. The molecule has 3 N–H and O–H groups in total. The second kappa shape index (κ2) is 4.01. The highest BCUT2D eigenvalue weighted by molar-refractivity contribution is 7.12. The fourth-order valence-electron chi connectivity index (χ4n) is 1.92. The molecular formula is C11H18N2S. The number of nitrogens with one attached hydrogen (secondary N) is 1. The van der Waals surface area contributed by atoms with Crippen molar-refractivity contribution in [1.82, 2.24) is 5.32 Å². The van der Waals surface area contributed by atoms with Gasteiger partial charge < -0.3 is 11.1 Å². The van der Waals surface area contributed by atoms with Gasteiger partial charge in [0, 0.05) is 27.9 Å². The fourth-order valence-corrected chi connectivity index (χ4v) is 2.81. The van der Waals surface area contributed by atoms with E-state index in [1.165, 1.54) is 9.75 Å². The van der Waals surface area contributed by atoms with Gasteiger partial charge in [0.1, 0.15) is 0 Å². The molecule has 1 aliphatic carbocycles. The Hall–Kier alpha value is -0.380. The van der Waals surface area contributed by atoms with Gasteiger partial charge in [0.2, 0.25) is 0 Å². The molecule has 0 spiro atoms. The summed E-state index contributed by atoms with van der Waals surface area (Å²) in [7, 11) is 0. The summed E-state index contributed by atoms with van der Waals surface area (Å²) in [6.45, 7) is 4.38. The minimum absolute atomic E-state index is 0.435. The fraction of sp³-hybridized carbons (Fsp3) is 0.636. The Labute approximate surface area is 89.5 Å². The van der Waals surface area contributed by atoms with Crippen molar-refractivity contribution in [3.8, 4) is 0 Å². The van der Waals surface area contributed by atoms with Crippen LogP contribution in [0.2, 0.25) is 0 Å². The normalized spacial score (nSPS) is 28.5. The van der Waals surface area contributed by atoms with Crippen molar-refractivity contribution in [1.29, 1.82) is 0 Å². The minimum Gasteiger partial charge on any atom is -0.328 e. The molecule has 1 unspecified atom stereocenters. The molecular weight excluding hydrogens is 192 g/mol. The monoisotopic (exact) mass is 210 g/mol. The maximum atomic E-state index is 5.75. The topological polar surface area (TPSA) is 38.0 Å². The van der Waals surface area contributed by atoms with Gasteiger partial charge in [-0.15, -0.1) is 11.3 Å². The molecule has 2 nitrogen and oxygen atoms in total. The van der Waals surface area contributed by atoms with Crippen molar-refractivity contribution < 1.29 is 0 Å². The quantitative estimate of drug-likeness (QED) is 0.802. The maximum absolute atomic E-state index is 5.75. The van der Waals surface area contributed by atoms with Crippen LogP contribution in [0.3, 0.4) is 0 Å². The number of rotatable bonds is 3. The molecule has 1 aromatic heterocycles. The van der Waals surface area contributed by atoms with Gasteiger partial charge in [-0.25, -0.2) is 0 Å². The van der Waals surface area contributed by atoms with Gasteiger partial charge in [-0.3, -0.25) is 0 Å². The second-order valence-corrected chi connectivity index (χ2v) is 5.58. The Morgan fingerprint density at radius 1 is 1.50 bits per heavy atom. The van der Waals surface area contributed by atoms with E-state index in [9.17, 15) is 0 Å². The Morgan fingerprint density at radius 2 is 2.21 bits per heavy atom.